The molecule has 1 N–H and O–H groups in total. The van der Waals surface area contributed by atoms with E-state index in [1.165, 1.54) is 0 Å². The molecule has 3 heterocycles. The predicted molar refractivity (Wildman–Crippen MR) is 126 cm³/mol. The minimum Gasteiger partial charge on any atom is -0.310 e. The second-order valence-corrected chi connectivity index (χ2v) is 9.06. The second kappa shape index (κ2) is 9.30. The van der Waals surface area contributed by atoms with Crippen LogP contribution >= 0.6 is 0 Å². The van der Waals surface area contributed by atoms with Gasteiger partial charge in [0.1, 0.15) is 5.82 Å². The zero-order valence-electron chi connectivity index (χ0n) is 18.6. The third kappa shape index (κ3) is 4.64. The van der Waals surface area contributed by atoms with Gasteiger partial charge in [0.2, 0.25) is 5.91 Å². The van der Waals surface area contributed by atoms with Gasteiger partial charge in [0.05, 0.1) is 11.9 Å². The van der Waals surface area contributed by atoms with Crippen LogP contribution in [0, 0.1) is 5.92 Å². The van der Waals surface area contributed by atoms with Crippen molar-refractivity contribution in [2.24, 2.45) is 5.92 Å². The molecule has 2 fully saturated rings. The summed E-state index contributed by atoms with van der Waals surface area (Å²) < 4.78 is 0. The van der Waals surface area contributed by atoms with Crippen molar-refractivity contribution in [2.75, 3.05) is 38.5 Å². The van der Waals surface area contributed by atoms with Gasteiger partial charge in [-0.1, -0.05) is 12.1 Å². The maximum atomic E-state index is 12.9. The van der Waals surface area contributed by atoms with Crippen LogP contribution in [0.5, 0.6) is 0 Å². The molecule has 2 aromatic heterocycles. The Balaban J connectivity index is 1.22. The highest BCUT2D eigenvalue weighted by molar-refractivity contribution is 5.95. The van der Waals surface area contributed by atoms with Gasteiger partial charge in [0.15, 0.2) is 0 Å². The average Bonchev–Trinajstić information content (AvgIpc) is 2.85. The first-order valence-corrected chi connectivity index (χ1v) is 11.6. The van der Waals surface area contributed by atoms with Gasteiger partial charge >= 0.3 is 0 Å². The van der Waals surface area contributed by atoms with Gasteiger partial charge in [0.25, 0.3) is 0 Å². The van der Waals surface area contributed by atoms with Crippen molar-refractivity contribution in [2.45, 2.75) is 31.7 Å². The highest BCUT2D eigenvalue weighted by atomic mass is 16.1. The lowest BCUT2D eigenvalue weighted by molar-refractivity contribution is -0.121. The zero-order chi connectivity index (χ0) is 21.9. The van der Waals surface area contributed by atoms with E-state index in [9.17, 15) is 4.79 Å². The van der Waals surface area contributed by atoms with Crippen LogP contribution in [0.4, 0.5) is 5.82 Å². The Morgan fingerprint density at radius 1 is 0.938 bits per heavy atom. The Bertz CT molecular complexity index is 1070. The van der Waals surface area contributed by atoms with Crippen molar-refractivity contribution >= 4 is 22.5 Å². The SMILES string of the molecule is CN1CCN([C@H]2CC[C@H](C(=O)Nc3cc4cc(-c5cnccn5)ccc4cn3)CC2)CC1. The minimum absolute atomic E-state index is 0.0714. The van der Waals surface area contributed by atoms with Gasteiger partial charge in [-0.2, -0.15) is 0 Å². The van der Waals surface area contributed by atoms with E-state index < -0.39 is 0 Å². The lowest BCUT2D eigenvalue weighted by Crippen LogP contribution is -2.50. The molecule has 1 aliphatic heterocycles. The second-order valence-electron chi connectivity index (χ2n) is 9.06. The molecule has 1 saturated heterocycles. The van der Waals surface area contributed by atoms with Crippen LogP contribution in [0.15, 0.2) is 49.1 Å². The van der Waals surface area contributed by atoms with Gasteiger partial charge < -0.3 is 10.2 Å². The first-order valence-electron chi connectivity index (χ1n) is 11.6. The first kappa shape index (κ1) is 21.0. The summed E-state index contributed by atoms with van der Waals surface area (Å²) in [6.07, 6.45) is 11.0. The van der Waals surface area contributed by atoms with Crippen molar-refractivity contribution in [1.82, 2.24) is 24.8 Å². The molecule has 166 valence electrons. The maximum Gasteiger partial charge on any atom is 0.228 e. The molecule has 7 nitrogen and oxygen atoms in total. The van der Waals surface area contributed by atoms with E-state index in [2.05, 4.69) is 43.2 Å². The van der Waals surface area contributed by atoms with E-state index in [1.807, 2.05) is 24.4 Å². The van der Waals surface area contributed by atoms with E-state index in [0.29, 0.717) is 11.9 Å². The number of likely N-dealkylation sites (N-methyl/N-ethyl adjacent to an activating group) is 1. The summed E-state index contributed by atoms with van der Waals surface area (Å²) in [6, 6.07) is 8.69. The quantitative estimate of drug-likeness (QED) is 0.684. The molecule has 5 rings (SSSR count). The molecule has 0 bridgehead atoms. The van der Waals surface area contributed by atoms with E-state index >= 15 is 0 Å². The van der Waals surface area contributed by atoms with Gasteiger partial charge in [-0.05, 0) is 50.2 Å². The summed E-state index contributed by atoms with van der Waals surface area (Å²) in [5.41, 5.74) is 1.82. The van der Waals surface area contributed by atoms with Crippen molar-refractivity contribution in [3.63, 3.8) is 0 Å². The average molecular weight is 431 g/mol. The molecule has 1 saturated carbocycles. The van der Waals surface area contributed by atoms with Crippen LogP contribution in [-0.2, 0) is 4.79 Å². The van der Waals surface area contributed by atoms with Gasteiger partial charge in [-0.15, -0.1) is 0 Å². The number of carbonyl (C=O) groups is 1. The lowest BCUT2D eigenvalue weighted by atomic mass is 9.84. The Morgan fingerprint density at radius 3 is 2.50 bits per heavy atom. The molecule has 7 heteroatoms. The molecular weight excluding hydrogens is 400 g/mol. The lowest BCUT2D eigenvalue weighted by Gasteiger charge is -2.40. The van der Waals surface area contributed by atoms with Crippen LogP contribution in [0.2, 0.25) is 0 Å². The smallest absolute Gasteiger partial charge is 0.228 e. The van der Waals surface area contributed by atoms with E-state index in [-0.39, 0.29) is 11.8 Å². The number of anilines is 1. The number of aromatic nitrogens is 3. The molecule has 2 aliphatic rings. The molecular formula is C25H30N6O. The number of amides is 1. The van der Waals surface area contributed by atoms with Crippen LogP contribution in [-0.4, -0.2) is 69.9 Å². The number of piperazine rings is 1. The fourth-order valence-corrected chi connectivity index (χ4v) is 4.94. The first-order chi connectivity index (χ1) is 15.7. The van der Waals surface area contributed by atoms with E-state index in [1.54, 1.807) is 18.6 Å². The summed E-state index contributed by atoms with van der Waals surface area (Å²) in [7, 11) is 2.19. The Hall–Kier alpha value is -2.90. The summed E-state index contributed by atoms with van der Waals surface area (Å²) >= 11 is 0. The number of nitrogens with one attached hydrogen (secondary N) is 1. The molecule has 0 atom stereocenters. The standard InChI is InChI=1S/C25H30N6O/c1-30-10-12-31(13-11-30)22-6-4-18(5-7-22)25(32)29-24-15-21-14-19(2-3-20(21)16-28-24)23-17-26-8-9-27-23/h2-3,8-9,14-18,22H,4-7,10-13H2,1H3,(H,28,29,32)/t18-,22-. The minimum atomic E-state index is 0.0714. The van der Waals surface area contributed by atoms with Crippen LogP contribution in [0.25, 0.3) is 22.0 Å². The number of rotatable bonds is 4. The molecule has 1 aliphatic carbocycles. The monoisotopic (exact) mass is 430 g/mol. The summed E-state index contributed by atoms with van der Waals surface area (Å²) in [4.78, 5) is 30.9. The van der Waals surface area contributed by atoms with E-state index in [0.717, 1.165) is 73.9 Å². The molecule has 1 amide bonds. The number of pyridine rings is 1. The van der Waals surface area contributed by atoms with Crippen molar-refractivity contribution in [3.05, 3.63) is 49.1 Å². The number of hydrogen-bond acceptors (Lipinski definition) is 6. The zero-order valence-corrected chi connectivity index (χ0v) is 18.6. The third-order valence-corrected chi connectivity index (χ3v) is 6.95. The number of nitrogens with zero attached hydrogens (tertiary/aromatic N) is 5. The number of hydrogen-bond donors (Lipinski definition) is 1. The summed E-state index contributed by atoms with van der Waals surface area (Å²) in [5.74, 6) is 0.779. The third-order valence-electron chi connectivity index (χ3n) is 6.95. The van der Waals surface area contributed by atoms with Crippen LogP contribution < -0.4 is 5.32 Å². The number of fused-ring (bicyclic) bond motifs is 1. The Kier molecular flexibility index (Phi) is 6.10. The largest absolute Gasteiger partial charge is 0.310 e. The van der Waals surface area contributed by atoms with Crippen molar-refractivity contribution in [3.8, 4) is 11.3 Å². The predicted octanol–water partition coefficient (Wildman–Crippen LogP) is 3.44. The summed E-state index contributed by atoms with van der Waals surface area (Å²) in [6.45, 7) is 4.59. The Labute approximate surface area is 188 Å². The van der Waals surface area contributed by atoms with Gasteiger partial charge in [0, 0.05) is 67.7 Å². The highest BCUT2D eigenvalue weighted by Gasteiger charge is 2.30. The molecule has 0 unspecified atom stereocenters. The van der Waals surface area contributed by atoms with Crippen LogP contribution in [0.3, 0.4) is 0 Å². The van der Waals surface area contributed by atoms with Crippen LogP contribution in [0.1, 0.15) is 25.7 Å². The normalized spacial score (nSPS) is 22.7. The summed E-state index contributed by atoms with van der Waals surface area (Å²) in [5, 5.41) is 5.12. The maximum absolute atomic E-state index is 12.9. The number of carbonyl (C=O) groups excluding carboxylic acids is 1. The van der Waals surface area contributed by atoms with Crippen molar-refractivity contribution in [1.29, 1.82) is 0 Å². The topological polar surface area (TPSA) is 74.2 Å². The number of benzene rings is 1. The molecule has 1 aromatic carbocycles. The van der Waals surface area contributed by atoms with Crippen molar-refractivity contribution < 1.29 is 4.79 Å². The fourth-order valence-electron chi connectivity index (χ4n) is 4.94. The molecule has 0 spiro atoms. The molecule has 3 aromatic rings. The molecule has 0 radical (unpaired) electrons. The van der Waals surface area contributed by atoms with E-state index in [4.69, 9.17) is 0 Å². The van der Waals surface area contributed by atoms with Gasteiger partial charge in [-0.3, -0.25) is 19.7 Å². The Morgan fingerprint density at radius 2 is 1.75 bits per heavy atom. The molecule has 32 heavy (non-hydrogen) atoms. The fraction of sp³-hybridized carbons (Fsp3) is 0.440. The van der Waals surface area contributed by atoms with Gasteiger partial charge in [-0.25, -0.2) is 4.98 Å². The highest BCUT2D eigenvalue weighted by Crippen LogP contribution is 2.30.